The van der Waals surface area contributed by atoms with Crippen molar-refractivity contribution in [1.29, 1.82) is 0 Å². The second-order valence-electron chi connectivity index (χ2n) is 17.0. The third-order valence-electron chi connectivity index (χ3n) is 12.4. The van der Waals surface area contributed by atoms with Crippen LogP contribution in [-0.2, 0) is 38.0 Å². The topological polar surface area (TPSA) is 198 Å². The van der Waals surface area contributed by atoms with Crippen LogP contribution < -0.4 is 0 Å². The predicted octanol–water partition coefficient (Wildman–Crippen LogP) is 3.09. The Bertz CT molecular complexity index is 1240. The second kappa shape index (κ2) is 18.8. The quantitative estimate of drug-likeness (QED) is 0.130. The van der Waals surface area contributed by atoms with Gasteiger partial charge in [0, 0.05) is 43.9 Å². The fraction of sp³-hybridized carbons (Fsp3) is 0.949. The first kappa shape index (κ1) is 46.9. The van der Waals surface area contributed by atoms with E-state index in [1.807, 2.05) is 53.6 Å². The summed E-state index contributed by atoms with van der Waals surface area (Å²) in [6.07, 6.45) is -8.52. The molecule has 0 bridgehead atoms. The number of hydrogen-bond donors (Lipinski definition) is 5. The van der Waals surface area contributed by atoms with Crippen molar-refractivity contribution in [2.45, 2.75) is 186 Å². The number of rotatable bonds is 9. The Balaban J connectivity index is 2.28. The molecule has 3 rings (SSSR count). The van der Waals surface area contributed by atoms with Crippen LogP contribution in [0.25, 0.3) is 0 Å². The zero-order valence-electron chi connectivity index (χ0n) is 35.1. The number of esters is 1. The van der Waals surface area contributed by atoms with Crippen LogP contribution in [0.15, 0.2) is 5.16 Å². The van der Waals surface area contributed by atoms with Crippen LogP contribution in [0, 0.1) is 23.7 Å². The summed E-state index contributed by atoms with van der Waals surface area (Å²) in [5.41, 5.74) is -3.98. The molecule has 15 heteroatoms. The fourth-order valence-corrected chi connectivity index (χ4v) is 9.06. The first-order valence-corrected chi connectivity index (χ1v) is 19.7. The molecule has 54 heavy (non-hydrogen) atoms. The van der Waals surface area contributed by atoms with Crippen molar-refractivity contribution in [3.05, 3.63) is 0 Å². The highest BCUT2D eigenvalue weighted by Crippen LogP contribution is 2.42. The summed E-state index contributed by atoms with van der Waals surface area (Å²) >= 11 is 0. The molecule has 0 saturated carbocycles. The van der Waals surface area contributed by atoms with E-state index < -0.39 is 102 Å². The highest BCUT2D eigenvalue weighted by atomic mass is 16.7. The minimum Gasteiger partial charge on any atom is -0.459 e. The van der Waals surface area contributed by atoms with Gasteiger partial charge in [-0.2, -0.15) is 0 Å². The molecular weight excluding hydrogens is 704 g/mol. The summed E-state index contributed by atoms with van der Waals surface area (Å²) in [5.74, 6) is -3.82. The number of hydrogen-bond acceptors (Lipinski definition) is 15. The lowest BCUT2D eigenvalue weighted by Crippen LogP contribution is -2.61. The third kappa shape index (κ3) is 9.95. The number of oxime groups is 1. The molecule has 0 spiro atoms. The average Bonchev–Trinajstić information content (AvgIpc) is 3.10. The lowest BCUT2D eigenvalue weighted by molar-refractivity contribution is -0.320. The molecule has 0 aromatic carbocycles. The standard InChI is InChI=1S/C39H72N2O13/c1-15-27-39(11,46)32(43)22(5)29(40-47)20(3)18-38(10,49-16-2)34(54-36-30(42)26(41(12)13)17-21(4)50-36)23(6)31(24(7)35(45)52-27)53-28-19-37(9,48-14)33(44)25(8)51-28/h20-28,30-34,36,42-44,46-47H,15-19H2,1-14H3/b40-29+/t20-,21+,22-,23-,24+,25-,26-,27+,28-,30+,31-,32+,33-,34+,36-,37+,38+,39+/m0/s1. The van der Waals surface area contributed by atoms with Gasteiger partial charge < -0.3 is 63.7 Å². The molecule has 316 valence electrons. The molecule has 18 atom stereocenters. The predicted molar refractivity (Wildman–Crippen MR) is 200 cm³/mol. The van der Waals surface area contributed by atoms with Gasteiger partial charge in [-0.15, -0.1) is 0 Å². The Labute approximate surface area is 322 Å². The van der Waals surface area contributed by atoms with Gasteiger partial charge in [0.25, 0.3) is 0 Å². The molecular formula is C39H72N2O13. The van der Waals surface area contributed by atoms with E-state index in [1.165, 1.54) is 14.0 Å². The largest absolute Gasteiger partial charge is 0.459 e. The van der Waals surface area contributed by atoms with Crippen LogP contribution in [0.4, 0.5) is 0 Å². The van der Waals surface area contributed by atoms with E-state index in [-0.39, 0.29) is 43.7 Å². The van der Waals surface area contributed by atoms with Gasteiger partial charge in [0.15, 0.2) is 12.6 Å². The lowest BCUT2D eigenvalue weighted by Gasteiger charge is -2.50. The Morgan fingerprint density at radius 1 is 0.907 bits per heavy atom. The minimum atomic E-state index is -1.94. The molecule has 5 N–H and O–H groups in total. The van der Waals surface area contributed by atoms with Gasteiger partial charge in [-0.25, -0.2) is 0 Å². The van der Waals surface area contributed by atoms with E-state index in [1.54, 1.807) is 34.6 Å². The van der Waals surface area contributed by atoms with Gasteiger partial charge in [0.2, 0.25) is 0 Å². The number of carbonyl (C=O) groups is 1. The number of cyclic esters (lactones) is 1. The number of nitrogens with zero attached hydrogens (tertiary/aromatic N) is 2. The first-order valence-electron chi connectivity index (χ1n) is 19.7. The number of ether oxygens (including phenoxy) is 7. The molecule has 0 amide bonds. The van der Waals surface area contributed by atoms with E-state index in [9.17, 15) is 30.4 Å². The van der Waals surface area contributed by atoms with Crippen molar-refractivity contribution in [1.82, 2.24) is 4.90 Å². The van der Waals surface area contributed by atoms with Crippen LogP contribution in [-0.4, -0.2) is 154 Å². The molecule has 0 aromatic heterocycles. The molecule has 0 radical (unpaired) electrons. The summed E-state index contributed by atoms with van der Waals surface area (Å²) in [6, 6.07) is -0.282. The van der Waals surface area contributed by atoms with Crippen LogP contribution in [0.3, 0.4) is 0 Å². The number of aliphatic hydroxyl groups is 4. The smallest absolute Gasteiger partial charge is 0.311 e. The Kier molecular flexibility index (Phi) is 16.4. The number of carbonyl (C=O) groups excluding carboxylic acids is 1. The van der Waals surface area contributed by atoms with Crippen molar-refractivity contribution in [2.75, 3.05) is 27.8 Å². The summed E-state index contributed by atoms with van der Waals surface area (Å²) < 4.78 is 44.6. The Hall–Kier alpha value is -1.50. The SMILES string of the molecule is CCO[C@]1(C)C[C@H](C)/C(=N\O)[C@H](C)[C@@H](O)[C@](C)(O)[C@@H](CC)OC(=O)[C@H](C)[C@@H](O[C@H]2C[C@@](C)(OC)[C@@H](O)[C@H](C)O2)[C@H](C)[C@H]1O[C@@H]1O[C@H](C)C[C@H](N(C)C)[C@H]1O. The Morgan fingerprint density at radius 2 is 1.54 bits per heavy atom. The lowest BCUT2D eigenvalue weighted by atomic mass is 9.73. The zero-order chi connectivity index (χ0) is 41.1. The fourth-order valence-electron chi connectivity index (χ4n) is 9.06. The molecule has 15 nitrogen and oxygen atoms in total. The van der Waals surface area contributed by atoms with Gasteiger partial charge in [-0.1, -0.05) is 32.9 Å². The minimum absolute atomic E-state index is 0.129. The number of methoxy groups -OCH3 is 1. The zero-order valence-corrected chi connectivity index (χ0v) is 35.1. The highest BCUT2D eigenvalue weighted by molar-refractivity contribution is 5.88. The van der Waals surface area contributed by atoms with Crippen molar-refractivity contribution in [3.8, 4) is 0 Å². The molecule has 0 aliphatic carbocycles. The van der Waals surface area contributed by atoms with Crippen LogP contribution >= 0.6 is 0 Å². The monoisotopic (exact) mass is 777 g/mol. The third-order valence-corrected chi connectivity index (χ3v) is 12.4. The summed E-state index contributed by atoms with van der Waals surface area (Å²) in [7, 11) is 5.28. The van der Waals surface area contributed by atoms with Gasteiger partial charge in [0.05, 0.1) is 53.4 Å². The maximum atomic E-state index is 14.3. The van der Waals surface area contributed by atoms with Crippen LogP contribution in [0.5, 0.6) is 0 Å². The van der Waals surface area contributed by atoms with E-state index in [0.29, 0.717) is 6.42 Å². The summed E-state index contributed by atoms with van der Waals surface area (Å²) in [6.45, 7) is 19.5. The average molecular weight is 777 g/mol. The molecule has 3 saturated heterocycles. The van der Waals surface area contributed by atoms with Crippen molar-refractivity contribution >= 4 is 11.7 Å². The van der Waals surface area contributed by atoms with Gasteiger partial charge >= 0.3 is 5.97 Å². The highest BCUT2D eigenvalue weighted by Gasteiger charge is 2.54. The van der Waals surface area contributed by atoms with Gasteiger partial charge in [-0.3, -0.25) is 4.79 Å². The molecule has 0 aromatic rings. The van der Waals surface area contributed by atoms with Crippen molar-refractivity contribution < 1.29 is 63.6 Å². The van der Waals surface area contributed by atoms with Gasteiger partial charge in [0.1, 0.15) is 23.9 Å². The molecule has 3 aliphatic heterocycles. The van der Waals surface area contributed by atoms with E-state index in [4.69, 9.17) is 33.2 Å². The van der Waals surface area contributed by atoms with Gasteiger partial charge in [-0.05, 0) is 81.8 Å². The molecule has 3 fully saturated rings. The van der Waals surface area contributed by atoms with E-state index >= 15 is 0 Å². The van der Waals surface area contributed by atoms with Crippen LogP contribution in [0.2, 0.25) is 0 Å². The van der Waals surface area contributed by atoms with Crippen molar-refractivity contribution in [3.63, 3.8) is 0 Å². The maximum absolute atomic E-state index is 14.3. The molecule has 3 aliphatic rings. The summed E-state index contributed by atoms with van der Waals surface area (Å²) in [4.78, 5) is 16.2. The van der Waals surface area contributed by atoms with E-state index in [0.717, 1.165) is 0 Å². The van der Waals surface area contributed by atoms with Crippen LogP contribution in [0.1, 0.15) is 102 Å². The maximum Gasteiger partial charge on any atom is 0.311 e. The van der Waals surface area contributed by atoms with Crippen molar-refractivity contribution in [2.24, 2.45) is 28.8 Å². The number of likely N-dealkylation sites (N-methyl/N-ethyl adjacent to an activating group) is 1. The second-order valence-corrected chi connectivity index (χ2v) is 17.0. The first-order chi connectivity index (χ1) is 25.0. The summed E-state index contributed by atoms with van der Waals surface area (Å²) in [5, 5.41) is 60.1. The molecule has 0 unspecified atom stereocenters. The van der Waals surface area contributed by atoms with E-state index in [2.05, 4.69) is 5.16 Å². The molecule has 3 heterocycles. The number of aliphatic hydroxyl groups excluding tert-OH is 3. The Morgan fingerprint density at radius 3 is 2.07 bits per heavy atom. The normalized spacial score (nSPS) is 48.4.